The van der Waals surface area contributed by atoms with Crippen molar-refractivity contribution >= 4 is 7.12 Å². The van der Waals surface area contributed by atoms with Crippen LogP contribution in [0.25, 0.3) is 0 Å². The number of hydrogen-bond acceptors (Lipinski definition) is 3. The highest BCUT2D eigenvalue weighted by Gasteiger charge is 2.28. The Kier molecular flexibility index (Phi) is 4.05. The van der Waals surface area contributed by atoms with Gasteiger partial charge < -0.3 is 14.9 Å². The van der Waals surface area contributed by atoms with E-state index in [2.05, 4.69) is 11.8 Å². The summed E-state index contributed by atoms with van der Waals surface area (Å²) in [7, 11) is -1.12. The number of likely N-dealkylation sites (tertiary alicyclic amines) is 1. The topological polar surface area (TPSA) is 43.7 Å². The molecule has 1 saturated heterocycles. The third-order valence-electron chi connectivity index (χ3n) is 2.50. The van der Waals surface area contributed by atoms with E-state index in [1.54, 1.807) is 0 Å². The lowest BCUT2D eigenvalue weighted by Crippen LogP contribution is -2.39. The van der Waals surface area contributed by atoms with Crippen LogP contribution >= 0.6 is 0 Å². The van der Waals surface area contributed by atoms with Gasteiger partial charge in [0.15, 0.2) is 0 Å². The summed E-state index contributed by atoms with van der Waals surface area (Å²) in [4.78, 5) is 2.31. The van der Waals surface area contributed by atoms with Gasteiger partial charge in [-0.05, 0) is 38.9 Å². The molecule has 0 spiro atoms. The van der Waals surface area contributed by atoms with Crippen LogP contribution in [0.3, 0.4) is 0 Å². The molecular weight excluding hydrogens is 153 g/mol. The molecular formula is C8H18BNO2. The molecule has 1 atom stereocenters. The number of piperidine rings is 1. The van der Waals surface area contributed by atoms with Crippen LogP contribution in [0.4, 0.5) is 0 Å². The van der Waals surface area contributed by atoms with Crippen LogP contribution in [0.15, 0.2) is 0 Å². The molecule has 0 bridgehead atoms. The fraction of sp³-hybridized carbons (Fsp3) is 1.00. The maximum absolute atomic E-state index is 8.99. The van der Waals surface area contributed by atoms with Gasteiger partial charge in [0.05, 0.1) is 0 Å². The highest BCUT2D eigenvalue weighted by molar-refractivity contribution is 6.43. The minimum Gasteiger partial charge on any atom is -0.427 e. The zero-order valence-electron chi connectivity index (χ0n) is 7.74. The van der Waals surface area contributed by atoms with Gasteiger partial charge in [0.25, 0.3) is 0 Å². The first-order valence-electron chi connectivity index (χ1n) is 4.82. The maximum atomic E-state index is 8.99. The largest absolute Gasteiger partial charge is 0.456 e. The SMILES string of the molecule is CCCN1CCCC(B(O)O)C1. The Balaban J connectivity index is 2.30. The normalized spacial score (nSPS) is 25.8. The molecule has 0 amide bonds. The molecule has 0 radical (unpaired) electrons. The van der Waals surface area contributed by atoms with E-state index in [1.807, 2.05) is 0 Å². The maximum Gasteiger partial charge on any atom is 0.456 e. The molecule has 70 valence electrons. The van der Waals surface area contributed by atoms with Crippen molar-refractivity contribution in [1.29, 1.82) is 0 Å². The molecule has 1 aliphatic heterocycles. The standard InChI is InChI=1S/C8H18BNO2/c1-2-5-10-6-3-4-8(7-10)9(11)12/h8,11-12H,2-7H2,1H3. The summed E-state index contributed by atoms with van der Waals surface area (Å²) in [5.41, 5.74) is 0. The van der Waals surface area contributed by atoms with Gasteiger partial charge in [-0.25, -0.2) is 0 Å². The second kappa shape index (κ2) is 4.85. The van der Waals surface area contributed by atoms with E-state index in [1.165, 1.54) is 0 Å². The summed E-state index contributed by atoms with van der Waals surface area (Å²) in [6.07, 6.45) is 3.20. The van der Waals surface area contributed by atoms with Crippen molar-refractivity contribution < 1.29 is 10.0 Å². The predicted molar refractivity (Wildman–Crippen MR) is 49.9 cm³/mol. The van der Waals surface area contributed by atoms with Crippen LogP contribution in [0.1, 0.15) is 26.2 Å². The first-order valence-corrected chi connectivity index (χ1v) is 4.82. The van der Waals surface area contributed by atoms with E-state index >= 15 is 0 Å². The molecule has 1 aliphatic rings. The molecule has 1 unspecified atom stereocenters. The zero-order valence-corrected chi connectivity index (χ0v) is 7.74. The second-order valence-electron chi connectivity index (χ2n) is 3.62. The van der Waals surface area contributed by atoms with Crippen molar-refractivity contribution in [3.05, 3.63) is 0 Å². The Morgan fingerprint density at radius 2 is 2.25 bits per heavy atom. The van der Waals surface area contributed by atoms with Gasteiger partial charge in [-0.15, -0.1) is 0 Å². The minimum absolute atomic E-state index is 0.0744. The van der Waals surface area contributed by atoms with Gasteiger partial charge in [0.1, 0.15) is 0 Å². The van der Waals surface area contributed by atoms with E-state index in [-0.39, 0.29) is 5.82 Å². The molecule has 1 rings (SSSR count). The summed E-state index contributed by atoms with van der Waals surface area (Å²) >= 11 is 0. The molecule has 0 aromatic carbocycles. The Morgan fingerprint density at radius 3 is 2.83 bits per heavy atom. The number of hydrogen-bond donors (Lipinski definition) is 2. The van der Waals surface area contributed by atoms with E-state index < -0.39 is 7.12 Å². The first kappa shape index (κ1) is 10.0. The Hall–Kier alpha value is -0.0551. The summed E-state index contributed by atoms with van der Waals surface area (Å²) in [6, 6.07) is 0. The van der Waals surface area contributed by atoms with Crippen molar-refractivity contribution in [2.24, 2.45) is 0 Å². The quantitative estimate of drug-likeness (QED) is 0.601. The minimum atomic E-state index is -1.12. The lowest BCUT2D eigenvalue weighted by molar-refractivity contribution is 0.210. The third kappa shape index (κ3) is 2.77. The zero-order chi connectivity index (χ0) is 8.97. The molecule has 4 heteroatoms. The Morgan fingerprint density at radius 1 is 1.50 bits per heavy atom. The molecule has 0 aromatic rings. The molecule has 0 saturated carbocycles. The monoisotopic (exact) mass is 171 g/mol. The molecule has 12 heavy (non-hydrogen) atoms. The molecule has 3 nitrogen and oxygen atoms in total. The van der Waals surface area contributed by atoms with Gasteiger partial charge in [0, 0.05) is 5.82 Å². The van der Waals surface area contributed by atoms with Gasteiger partial charge in [-0.1, -0.05) is 6.92 Å². The van der Waals surface area contributed by atoms with Crippen LogP contribution in [-0.4, -0.2) is 41.7 Å². The smallest absolute Gasteiger partial charge is 0.427 e. The average Bonchev–Trinajstić information content (AvgIpc) is 2.05. The summed E-state index contributed by atoms with van der Waals surface area (Å²) < 4.78 is 0. The van der Waals surface area contributed by atoms with Crippen LogP contribution in [0, 0.1) is 0 Å². The van der Waals surface area contributed by atoms with E-state index in [0.717, 1.165) is 38.9 Å². The first-order chi connectivity index (χ1) is 5.74. The van der Waals surface area contributed by atoms with Crippen LogP contribution in [0.5, 0.6) is 0 Å². The van der Waals surface area contributed by atoms with Gasteiger partial charge in [-0.2, -0.15) is 0 Å². The fourth-order valence-electron chi connectivity index (χ4n) is 1.85. The predicted octanol–water partition coefficient (Wildman–Crippen LogP) is 0.335. The summed E-state index contributed by atoms with van der Waals surface area (Å²) in [6.45, 7) is 5.21. The molecule has 2 N–H and O–H groups in total. The third-order valence-corrected chi connectivity index (χ3v) is 2.50. The van der Waals surface area contributed by atoms with E-state index in [0.29, 0.717) is 0 Å². The van der Waals surface area contributed by atoms with Crippen molar-refractivity contribution in [2.45, 2.75) is 32.0 Å². The molecule has 0 aliphatic carbocycles. The lowest BCUT2D eigenvalue weighted by Gasteiger charge is -2.31. The van der Waals surface area contributed by atoms with Crippen molar-refractivity contribution in [3.63, 3.8) is 0 Å². The molecule has 1 heterocycles. The number of rotatable bonds is 3. The highest BCUT2D eigenvalue weighted by Crippen LogP contribution is 2.22. The number of nitrogens with zero attached hydrogens (tertiary/aromatic N) is 1. The van der Waals surface area contributed by atoms with Crippen molar-refractivity contribution in [2.75, 3.05) is 19.6 Å². The highest BCUT2D eigenvalue weighted by atomic mass is 16.4. The van der Waals surface area contributed by atoms with E-state index in [9.17, 15) is 0 Å². The lowest BCUT2D eigenvalue weighted by atomic mass is 9.68. The van der Waals surface area contributed by atoms with Crippen LogP contribution in [0.2, 0.25) is 5.82 Å². The van der Waals surface area contributed by atoms with Gasteiger partial charge in [-0.3, -0.25) is 0 Å². The summed E-state index contributed by atoms with van der Waals surface area (Å²) in [5, 5.41) is 18.0. The van der Waals surface area contributed by atoms with Crippen molar-refractivity contribution in [1.82, 2.24) is 4.90 Å². The second-order valence-corrected chi connectivity index (χ2v) is 3.62. The fourth-order valence-corrected chi connectivity index (χ4v) is 1.85. The summed E-state index contributed by atoms with van der Waals surface area (Å²) in [5.74, 6) is 0.0744. The van der Waals surface area contributed by atoms with Gasteiger partial charge >= 0.3 is 7.12 Å². The van der Waals surface area contributed by atoms with Crippen molar-refractivity contribution in [3.8, 4) is 0 Å². The Bertz CT molecular complexity index is 130. The van der Waals surface area contributed by atoms with Crippen LogP contribution < -0.4 is 0 Å². The van der Waals surface area contributed by atoms with Crippen LogP contribution in [-0.2, 0) is 0 Å². The molecule has 1 fully saturated rings. The van der Waals surface area contributed by atoms with Gasteiger partial charge in [0.2, 0.25) is 0 Å². The molecule has 0 aromatic heterocycles. The Labute approximate surface area is 74.5 Å². The average molecular weight is 171 g/mol. The van der Waals surface area contributed by atoms with E-state index in [4.69, 9.17) is 10.0 Å².